The zero-order valence-corrected chi connectivity index (χ0v) is 19.2. The first-order valence-corrected chi connectivity index (χ1v) is 11.3. The molecule has 1 aliphatic rings. The van der Waals surface area contributed by atoms with E-state index in [9.17, 15) is 14.7 Å². The quantitative estimate of drug-likeness (QED) is 0.451. The summed E-state index contributed by atoms with van der Waals surface area (Å²) in [7, 11) is 1.51. The van der Waals surface area contributed by atoms with E-state index in [0.29, 0.717) is 39.8 Å². The van der Waals surface area contributed by atoms with E-state index < -0.39 is 11.3 Å². The average Bonchev–Trinajstić information content (AvgIpc) is 2.85. The van der Waals surface area contributed by atoms with Crippen molar-refractivity contribution in [3.63, 3.8) is 0 Å². The first kappa shape index (κ1) is 22.2. The minimum atomic E-state index is -0.602. The van der Waals surface area contributed by atoms with Crippen LogP contribution in [0.3, 0.4) is 0 Å². The highest BCUT2D eigenvalue weighted by molar-refractivity contribution is 5.97. The fourth-order valence-corrected chi connectivity index (χ4v) is 4.60. The fourth-order valence-electron chi connectivity index (χ4n) is 4.60. The van der Waals surface area contributed by atoms with Crippen molar-refractivity contribution in [3.05, 3.63) is 68.9 Å². The van der Waals surface area contributed by atoms with Gasteiger partial charge in [-0.2, -0.15) is 0 Å². The number of likely N-dealkylation sites (N-methyl/N-ethyl adjacent to an activating group) is 1. The van der Waals surface area contributed by atoms with E-state index in [4.69, 9.17) is 13.6 Å². The van der Waals surface area contributed by atoms with Gasteiger partial charge in [-0.3, -0.25) is 4.90 Å². The lowest BCUT2D eigenvalue weighted by molar-refractivity contribution is 0.131. The normalized spacial score (nSPS) is 15.2. The first-order valence-electron chi connectivity index (χ1n) is 11.3. The summed E-state index contributed by atoms with van der Waals surface area (Å²) in [6.45, 7) is 7.18. The number of fused-ring (bicyclic) bond motifs is 2. The van der Waals surface area contributed by atoms with Crippen LogP contribution < -0.4 is 16.0 Å². The van der Waals surface area contributed by atoms with Crippen LogP contribution in [-0.2, 0) is 6.54 Å². The number of rotatable bonds is 5. The smallest absolute Gasteiger partial charge is 0.344 e. The Bertz CT molecular complexity index is 1480. The highest BCUT2D eigenvalue weighted by atomic mass is 16.5. The molecule has 0 radical (unpaired) electrons. The number of aromatic hydroxyl groups is 1. The highest BCUT2D eigenvalue weighted by Gasteiger charge is 2.22. The molecule has 1 aliphatic heterocycles. The number of phenolic OH excluding ortho intramolecular Hbond substituents is 1. The van der Waals surface area contributed by atoms with Crippen LogP contribution in [0.1, 0.15) is 12.5 Å². The fraction of sp³-hybridized carbons (Fsp3) is 0.308. The van der Waals surface area contributed by atoms with Gasteiger partial charge in [0.25, 0.3) is 0 Å². The van der Waals surface area contributed by atoms with E-state index in [1.165, 1.54) is 13.2 Å². The molecular weight excluding hydrogens is 436 g/mol. The van der Waals surface area contributed by atoms with Gasteiger partial charge in [0.05, 0.1) is 18.2 Å². The molecule has 1 N–H and O–H groups in total. The van der Waals surface area contributed by atoms with Crippen molar-refractivity contribution in [3.8, 4) is 22.6 Å². The van der Waals surface area contributed by atoms with E-state index in [2.05, 4.69) is 16.7 Å². The molecule has 2 aromatic carbocycles. The predicted octanol–water partition coefficient (Wildman–Crippen LogP) is 3.42. The minimum absolute atomic E-state index is 0.0565. The van der Waals surface area contributed by atoms with Crippen molar-refractivity contribution in [2.24, 2.45) is 0 Å². The number of methoxy groups -OCH3 is 1. The number of nitrogens with zero attached hydrogens (tertiary/aromatic N) is 2. The molecule has 0 unspecified atom stereocenters. The van der Waals surface area contributed by atoms with Gasteiger partial charge < -0.3 is 23.6 Å². The lowest BCUT2D eigenvalue weighted by Crippen LogP contribution is -2.45. The van der Waals surface area contributed by atoms with E-state index >= 15 is 0 Å². The second-order valence-corrected chi connectivity index (χ2v) is 8.46. The molecule has 8 nitrogen and oxygen atoms in total. The third-order valence-electron chi connectivity index (χ3n) is 6.52. The molecule has 8 heteroatoms. The minimum Gasteiger partial charge on any atom is -0.507 e. The van der Waals surface area contributed by atoms with Gasteiger partial charge in [0, 0.05) is 55.1 Å². The van der Waals surface area contributed by atoms with Gasteiger partial charge >= 0.3 is 11.3 Å². The molecule has 0 spiro atoms. The predicted molar refractivity (Wildman–Crippen MR) is 130 cm³/mol. The topological polar surface area (TPSA) is 96.4 Å². The van der Waals surface area contributed by atoms with Gasteiger partial charge in [0.1, 0.15) is 11.3 Å². The molecule has 2 aromatic heterocycles. The van der Waals surface area contributed by atoms with E-state index in [0.717, 1.165) is 32.7 Å². The zero-order valence-electron chi connectivity index (χ0n) is 19.2. The van der Waals surface area contributed by atoms with E-state index in [1.54, 1.807) is 30.3 Å². The van der Waals surface area contributed by atoms with E-state index in [1.807, 2.05) is 6.07 Å². The number of para-hydroxylation sites is 1. The lowest BCUT2D eigenvalue weighted by atomic mass is 9.99. The Balaban J connectivity index is 1.64. The maximum absolute atomic E-state index is 13.0. The number of piperazine rings is 1. The van der Waals surface area contributed by atoms with Crippen molar-refractivity contribution in [1.82, 2.24) is 9.80 Å². The van der Waals surface area contributed by atoms with Gasteiger partial charge in [-0.15, -0.1) is 0 Å². The summed E-state index contributed by atoms with van der Waals surface area (Å²) in [6, 6.07) is 11.6. The summed E-state index contributed by atoms with van der Waals surface area (Å²) in [5.41, 5.74) is 0.618. The molecule has 0 saturated carbocycles. The number of ether oxygens (including phenoxy) is 1. The number of phenols is 1. The Hall–Kier alpha value is -3.62. The van der Waals surface area contributed by atoms with Crippen molar-refractivity contribution < 1.29 is 18.7 Å². The van der Waals surface area contributed by atoms with Crippen LogP contribution in [0, 0.1) is 0 Å². The zero-order chi connectivity index (χ0) is 23.8. The molecule has 0 aliphatic carbocycles. The second kappa shape index (κ2) is 8.96. The summed E-state index contributed by atoms with van der Waals surface area (Å²) in [5, 5.41) is 11.9. The SMILES string of the molecule is CCN1CCN(Cc2c(O)ccc3c(-c4cc5cccc(OC)c5oc4=O)cc(=O)oc23)CC1. The first-order chi connectivity index (χ1) is 16.5. The Morgan fingerprint density at radius 3 is 2.44 bits per heavy atom. The molecule has 1 fully saturated rings. The molecule has 1 saturated heterocycles. The average molecular weight is 463 g/mol. The van der Waals surface area contributed by atoms with Crippen LogP contribution in [0.15, 0.2) is 60.9 Å². The monoisotopic (exact) mass is 462 g/mol. The summed E-state index contributed by atoms with van der Waals surface area (Å²) in [6.07, 6.45) is 0. The van der Waals surface area contributed by atoms with Crippen LogP contribution in [0.25, 0.3) is 33.1 Å². The third kappa shape index (κ3) is 3.95. The third-order valence-corrected chi connectivity index (χ3v) is 6.52. The molecule has 34 heavy (non-hydrogen) atoms. The molecule has 176 valence electrons. The maximum Gasteiger partial charge on any atom is 0.344 e. The Labute approximate surface area is 195 Å². The van der Waals surface area contributed by atoms with Crippen LogP contribution in [0.5, 0.6) is 11.5 Å². The number of benzene rings is 2. The Kier molecular flexibility index (Phi) is 5.85. The standard InChI is InChI=1S/C26H26N2O6/c1-3-27-9-11-28(12-10-27)15-20-21(29)8-7-17-18(14-23(30)33-25(17)20)19-13-16-5-4-6-22(32-2)24(16)34-26(19)31/h4-8,13-14,29H,3,9-12,15H2,1-2H3. The number of hydrogen-bond donors (Lipinski definition) is 1. The molecule has 4 aromatic rings. The van der Waals surface area contributed by atoms with Gasteiger partial charge in [-0.05, 0) is 30.8 Å². The summed E-state index contributed by atoms with van der Waals surface area (Å²) >= 11 is 0. The molecule has 0 amide bonds. The highest BCUT2D eigenvalue weighted by Crippen LogP contribution is 2.34. The lowest BCUT2D eigenvalue weighted by Gasteiger charge is -2.34. The van der Waals surface area contributed by atoms with Crippen LogP contribution in [-0.4, -0.2) is 54.7 Å². The van der Waals surface area contributed by atoms with Crippen molar-refractivity contribution in [2.75, 3.05) is 39.8 Å². The largest absolute Gasteiger partial charge is 0.507 e. The molecular formula is C26H26N2O6. The Morgan fingerprint density at radius 1 is 0.941 bits per heavy atom. The van der Waals surface area contributed by atoms with Crippen molar-refractivity contribution in [1.29, 1.82) is 0 Å². The van der Waals surface area contributed by atoms with Gasteiger partial charge in [0.2, 0.25) is 0 Å². The summed E-state index contributed by atoms with van der Waals surface area (Å²) < 4.78 is 16.5. The van der Waals surface area contributed by atoms with Crippen LogP contribution >= 0.6 is 0 Å². The van der Waals surface area contributed by atoms with E-state index in [-0.39, 0.29) is 16.9 Å². The van der Waals surface area contributed by atoms with Gasteiger partial charge in [0.15, 0.2) is 11.3 Å². The molecule has 5 rings (SSSR count). The van der Waals surface area contributed by atoms with Crippen molar-refractivity contribution >= 4 is 21.9 Å². The van der Waals surface area contributed by atoms with Gasteiger partial charge in [-0.1, -0.05) is 19.1 Å². The molecule has 0 bridgehead atoms. The molecule has 0 atom stereocenters. The summed E-state index contributed by atoms with van der Waals surface area (Å²) in [4.78, 5) is 30.1. The van der Waals surface area contributed by atoms with Gasteiger partial charge in [-0.25, -0.2) is 9.59 Å². The van der Waals surface area contributed by atoms with Crippen LogP contribution in [0.2, 0.25) is 0 Å². The maximum atomic E-state index is 13.0. The molecule has 3 heterocycles. The van der Waals surface area contributed by atoms with Crippen LogP contribution in [0.4, 0.5) is 0 Å². The number of hydrogen-bond acceptors (Lipinski definition) is 8. The summed E-state index contributed by atoms with van der Waals surface area (Å²) in [5.74, 6) is 0.509. The Morgan fingerprint density at radius 2 is 1.71 bits per heavy atom. The van der Waals surface area contributed by atoms with Crippen molar-refractivity contribution in [2.45, 2.75) is 13.5 Å². The second-order valence-electron chi connectivity index (χ2n) is 8.46.